The summed E-state index contributed by atoms with van der Waals surface area (Å²) in [6.45, 7) is 2.84. The van der Waals surface area contributed by atoms with Crippen LogP contribution in [0.3, 0.4) is 0 Å². The number of rotatable bonds is 2. The minimum atomic E-state index is 0.388. The van der Waals surface area contributed by atoms with Crippen molar-refractivity contribution in [1.29, 1.82) is 0 Å². The first-order valence-corrected chi connectivity index (χ1v) is 5.37. The first kappa shape index (κ1) is 8.43. The Morgan fingerprint density at radius 3 is 3.20 bits per heavy atom. The van der Waals surface area contributed by atoms with Crippen LogP contribution in [-0.4, -0.2) is 28.5 Å². The minimum Gasteiger partial charge on any atom is -0.328 e. The van der Waals surface area contributed by atoms with Gasteiger partial charge in [-0.15, -0.1) is 11.8 Å². The molecule has 0 aromatic heterocycles. The van der Waals surface area contributed by atoms with Crippen LogP contribution in [0.4, 0.5) is 0 Å². The monoisotopic (exact) mass is 176 g/mol. The average Bonchev–Trinajstić information content (AvgIpc) is 2.37. The van der Waals surface area contributed by atoms with E-state index in [0.29, 0.717) is 12.6 Å². The zero-order chi connectivity index (χ0) is 7.40. The van der Waals surface area contributed by atoms with Crippen LogP contribution < -0.4 is 5.73 Å². The maximum absolute atomic E-state index is 5.46. The quantitative estimate of drug-likeness (QED) is 0.686. The molecule has 0 amide bonds. The summed E-state index contributed by atoms with van der Waals surface area (Å²) in [7, 11) is 0. The second kappa shape index (κ2) is 4.26. The van der Waals surface area contributed by atoms with Crippen molar-refractivity contribution in [3.8, 4) is 0 Å². The lowest BCUT2D eigenvalue weighted by molar-refractivity contribution is 0.778. The molecule has 0 radical (unpaired) electrons. The molecule has 1 heterocycles. The molecule has 10 heavy (non-hydrogen) atoms. The maximum atomic E-state index is 5.46. The van der Waals surface area contributed by atoms with Gasteiger partial charge in [-0.05, 0) is 5.75 Å². The zero-order valence-corrected chi connectivity index (χ0v) is 7.67. The molecule has 0 bridgehead atoms. The van der Waals surface area contributed by atoms with Crippen molar-refractivity contribution < 1.29 is 0 Å². The molecular formula is C6H12N2S2. The van der Waals surface area contributed by atoms with E-state index in [9.17, 15) is 0 Å². The van der Waals surface area contributed by atoms with Crippen molar-refractivity contribution in [2.45, 2.75) is 13.0 Å². The molecule has 1 aliphatic heterocycles. The third-order valence-electron chi connectivity index (χ3n) is 1.23. The van der Waals surface area contributed by atoms with Gasteiger partial charge in [0.15, 0.2) is 0 Å². The van der Waals surface area contributed by atoms with E-state index in [1.165, 1.54) is 4.38 Å². The van der Waals surface area contributed by atoms with E-state index >= 15 is 0 Å². The molecule has 58 valence electrons. The van der Waals surface area contributed by atoms with Crippen LogP contribution in [0.2, 0.25) is 0 Å². The molecule has 0 saturated heterocycles. The van der Waals surface area contributed by atoms with Crippen molar-refractivity contribution in [2.24, 2.45) is 10.7 Å². The Morgan fingerprint density at radius 2 is 2.70 bits per heavy atom. The van der Waals surface area contributed by atoms with E-state index in [4.69, 9.17) is 5.73 Å². The molecule has 1 aliphatic rings. The summed E-state index contributed by atoms with van der Waals surface area (Å²) in [4.78, 5) is 4.41. The number of thioether (sulfide) groups is 2. The third kappa shape index (κ3) is 2.18. The number of nitrogens with two attached hydrogens (primary N) is 1. The molecular weight excluding hydrogens is 164 g/mol. The van der Waals surface area contributed by atoms with Gasteiger partial charge in [0.05, 0.1) is 6.04 Å². The summed E-state index contributed by atoms with van der Waals surface area (Å²) in [5.74, 6) is 2.20. The van der Waals surface area contributed by atoms with Crippen molar-refractivity contribution in [2.75, 3.05) is 18.1 Å². The summed E-state index contributed by atoms with van der Waals surface area (Å²) in [6, 6.07) is 0.388. The van der Waals surface area contributed by atoms with E-state index in [1.54, 1.807) is 0 Å². The summed E-state index contributed by atoms with van der Waals surface area (Å²) in [5.41, 5.74) is 5.46. The van der Waals surface area contributed by atoms with Gasteiger partial charge in [0.1, 0.15) is 4.38 Å². The normalized spacial score (nSPS) is 25.0. The van der Waals surface area contributed by atoms with E-state index in [-0.39, 0.29) is 0 Å². The van der Waals surface area contributed by atoms with Gasteiger partial charge in [-0.1, -0.05) is 18.7 Å². The SMILES string of the molecule is CCSC1=N[C@H](CN)CS1. The van der Waals surface area contributed by atoms with Gasteiger partial charge in [-0.3, -0.25) is 4.99 Å². The highest BCUT2D eigenvalue weighted by Crippen LogP contribution is 2.24. The predicted molar refractivity (Wildman–Crippen MR) is 50.9 cm³/mol. The molecule has 2 nitrogen and oxygen atoms in total. The first-order chi connectivity index (χ1) is 4.86. The van der Waals surface area contributed by atoms with Crippen molar-refractivity contribution in [3.63, 3.8) is 0 Å². The van der Waals surface area contributed by atoms with Crippen LogP contribution in [0.5, 0.6) is 0 Å². The predicted octanol–water partition coefficient (Wildman–Crippen LogP) is 1.17. The Kier molecular flexibility index (Phi) is 3.59. The Labute approximate surface area is 70.0 Å². The van der Waals surface area contributed by atoms with Gasteiger partial charge in [0.2, 0.25) is 0 Å². The molecule has 4 heteroatoms. The fourth-order valence-electron chi connectivity index (χ4n) is 0.714. The van der Waals surface area contributed by atoms with Crippen LogP contribution in [0.1, 0.15) is 6.92 Å². The summed E-state index contributed by atoms with van der Waals surface area (Å²) in [6.07, 6.45) is 0. The van der Waals surface area contributed by atoms with Crippen molar-refractivity contribution in [3.05, 3.63) is 0 Å². The van der Waals surface area contributed by atoms with Crippen LogP contribution in [0, 0.1) is 0 Å². The fourth-order valence-corrected chi connectivity index (χ4v) is 2.85. The Balaban J connectivity index is 2.33. The Bertz CT molecular complexity index is 136. The molecule has 1 rings (SSSR count). The van der Waals surface area contributed by atoms with Gasteiger partial charge in [-0.25, -0.2) is 0 Å². The van der Waals surface area contributed by atoms with Gasteiger partial charge in [0.25, 0.3) is 0 Å². The second-order valence-electron chi connectivity index (χ2n) is 2.03. The van der Waals surface area contributed by atoms with Gasteiger partial charge in [-0.2, -0.15) is 0 Å². The van der Waals surface area contributed by atoms with E-state index in [0.717, 1.165) is 11.5 Å². The summed E-state index contributed by atoms with van der Waals surface area (Å²) >= 11 is 3.65. The van der Waals surface area contributed by atoms with Gasteiger partial charge < -0.3 is 5.73 Å². The van der Waals surface area contributed by atoms with Crippen LogP contribution in [0.25, 0.3) is 0 Å². The lowest BCUT2D eigenvalue weighted by Gasteiger charge is -1.96. The molecule has 0 spiro atoms. The Morgan fingerprint density at radius 1 is 1.90 bits per heavy atom. The summed E-state index contributed by atoms with van der Waals surface area (Å²) < 4.78 is 1.22. The van der Waals surface area contributed by atoms with E-state index in [1.807, 2.05) is 23.5 Å². The average molecular weight is 176 g/mol. The third-order valence-corrected chi connectivity index (χ3v) is 3.48. The highest BCUT2D eigenvalue weighted by Gasteiger charge is 2.15. The molecule has 0 saturated carbocycles. The molecule has 0 aliphatic carbocycles. The minimum absolute atomic E-state index is 0.388. The molecule has 0 aromatic carbocycles. The molecule has 0 aromatic rings. The first-order valence-electron chi connectivity index (χ1n) is 3.40. The number of hydrogen-bond donors (Lipinski definition) is 1. The van der Waals surface area contributed by atoms with Crippen LogP contribution >= 0.6 is 23.5 Å². The molecule has 2 N–H and O–H groups in total. The fraction of sp³-hybridized carbons (Fsp3) is 0.833. The Hall–Kier alpha value is 0.330. The largest absolute Gasteiger partial charge is 0.328 e. The molecule has 0 unspecified atom stereocenters. The topological polar surface area (TPSA) is 38.4 Å². The lowest BCUT2D eigenvalue weighted by atomic mass is 10.4. The molecule has 1 atom stereocenters. The standard InChI is InChI=1S/C6H12N2S2/c1-2-9-6-8-5(3-7)4-10-6/h5H,2-4,7H2,1H3/t5-/m1/s1. The number of nitrogens with zero attached hydrogens (tertiary/aromatic N) is 1. The number of hydrogen-bond acceptors (Lipinski definition) is 4. The van der Waals surface area contributed by atoms with Crippen molar-refractivity contribution >= 4 is 27.9 Å². The smallest absolute Gasteiger partial charge is 0.124 e. The van der Waals surface area contributed by atoms with Crippen LogP contribution in [0.15, 0.2) is 4.99 Å². The number of aliphatic imine (C=N–C) groups is 1. The maximum Gasteiger partial charge on any atom is 0.124 e. The highest BCUT2D eigenvalue weighted by atomic mass is 32.2. The van der Waals surface area contributed by atoms with Crippen LogP contribution in [-0.2, 0) is 0 Å². The van der Waals surface area contributed by atoms with E-state index < -0.39 is 0 Å². The highest BCUT2D eigenvalue weighted by molar-refractivity contribution is 8.39. The summed E-state index contributed by atoms with van der Waals surface area (Å²) in [5, 5.41) is 0. The zero-order valence-electron chi connectivity index (χ0n) is 6.04. The van der Waals surface area contributed by atoms with Gasteiger partial charge in [0, 0.05) is 12.3 Å². The second-order valence-corrected chi connectivity index (χ2v) is 4.55. The molecule has 0 fully saturated rings. The van der Waals surface area contributed by atoms with Crippen molar-refractivity contribution in [1.82, 2.24) is 0 Å². The van der Waals surface area contributed by atoms with E-state index in [2.05, 4.69) is 11.9 Å². The van der Waals surface area contributed by atoms with Gasteiger partial charge >= 0.3 is 0 Å². The lowest BCUT2D eigenvalue weighted by Crippen LogP contribution is -2.17.